The number of benzene rings is 2. The molecule has 0 saturated carbocycles. The van der Waals surface area contributed by atoms with Crippen LogP contribution in [0.4, 0.5) is 0 Å². The SMILES string of the molecule is CC(C)c1nc2cc(O)ccc2c(=O)n1-c1ccc(C#N)cc1. The van der Waals surface area contributed by atoms with Gasteiger partial charge >= 0.3 is 0 Å². The van der Waals surface area contributed by atoms with E-state index in [2.05, 4.69) is 11.1 Å². The smallest absolute Gasteiger partial charge is 0.265 e. The topological polar surface area (TPSA) is 78.9 Å². The van der Waals surface area contributed by atoms with Gasteiger partial charge in [-0.2, -0.15) is 5.26 Å². The highest BCUT2D eigenvalue weighted by atomic mass is 16.3. The predicted molar refractivity (Wildman–Crippen MR) is 87.8 cm³/mol. The van der Waals surface area contributed by atoms with Gasteiger partial charge in [0.05, 0.1) is 28.2 Å². The largest absolute Gasteiger partial charge is 0.508 e. The van der Waals surface area contributed by atoms with Gasteiger partial charge in [0.1, 0.15) is 11.6 Å². The van der Waals surface area contributed by atoms with Gasteiger partial charge in [0.25, 0.3) is 5.56 Å². The first-order valence-electron chi connectivity index (χ1n) is 7.27. The summed E-state index contributed by atoms with van der Waals surface area (Å²) in [6.07, 6.45) is 0. The van der Waals surface area contributed by atoms with Gasteiger partial charge in [0, 0.05) is 12.0 Å². The highest BCUT2D eigenvalue weighted by Crippen LogP contribution is 2.21. The third-order valence-electron chi connectivity index (χ3n) is 3.65. The maximum atomic E-state index is 12.9. The summed E-state index contributed by atoms with van der Waals surface area (Å²) in [7, 11) is 0. The van der Waals surface area contributed by atoms with E-state index in [9.17, 15) is 9.90 Å². The zero-order chi connectivity index (χ0) is 16.6. The van der Waals surface area contributed by atoms with Gasteiger partial charge in [-0.15, -0.1) is 0 Å². The van der Waals surface area contributed by atoms with Crippen LogP contribution in [-0.4, -0.2) is 14.7 Å². The number of nitrogens with zero attached hydrogens (tertiary/aromatic N) is 3. The molecule has 0 aliphatic carbocycles. The number of hydrogen-bond acceptors (Lipinski definition) is 4. The molecule has 0 bridgehead atoms. The summed E-state index contributed by atoms with van der Waals surface area (Å²) in [4.78, 5) is 17.4. The predicted octanol–water partition coefficient (Wildman–Crippen LogP) is 3.09. The number of rotatable bonds is 2. The molecule has 3 rings (SSSR count). The number of fused-ring (bicyclic) bond motifs is 1. The van der Waals surface area contributed by atoms with Crippen LogP contribution in [0.5, 0.6) is 5.75 Å². The Morgan fingerprint density at radius 3 is 2.48 bits per heavy atom. The standard InChI is InChI=1S/C18H15N3O2/c1-11(2)17-20-16-9-14(22)7-8-15(16)18(23)21(17)13-5-3-12(10-19)4-6-13/h3-9,11,22H,1-2H3. The van der Waals surface area contributed by atoms with Crippen molar-refractivity contribution in [3.8, 4) is 17.5 Å². The number of nitriles is 1. The minimum absolute atomic E-state index is 0.0186. The Bertz CT molecular complexity index is 980. The van der Waals surface area contributed by atoms with E-state index in [0.29, 0.717) is 28.0 Å². The number of phenols is 1. The van der Waals surface area contributed by atoms with Crippen molar-refractivity contribution in [2.75, 3.05) is 0 Å². The molecule has 0 unspecified atom stereocenters. The average molecular weight is 305 g/mol. The van der Waals surface area contributed by atoms with Gasteiger partial charge in [-0.05, 0) is 36.4 Å². The quantitative estimate of drug-likeness (QED) is 0.789. The summed E-state index contributed by atoms with van der Waals surface area (Å²) in [6, 6.07) is 13.4. The van der Waals surface area contributed by atoms with Crippen molar-refractivity contribution in [3.05, 3.63) is 64.2 Å². The lowest BCUT2D eigenvalue weighted by Gasteiger charge is -2.16. The van der Waals surface area contributed by atoms with Crippen molar-refractivity contribution >= 4 is 10.9 Å². The third-order valence-corrected chi connectivity index (χ3v) is 3.65. The van der Waals surface area contributed by atoms with E-state index in [1.54, 1.807) is 34.9 Å². The number of aromatic nitrogens is 2. The van der Waals surface area contributed by atoms with Gasteiger partial charge in [0.2, 0.25) is 0 Å². The number of aromatic hydroxyl groups is 1. The first kappa shape index (κ1) is 14.8. The molecule has 114 valence electrons. The van der Waals surface area contributed by atoms with Crippen LogP contribution >= 0.6 is 0 Å². The highest BCUT2D eigenvalue weighted by Gasteiger charge is 2.15. The van der Waals surface area contributed by atoms with E-state index in [4.69, 9.17) is 5.26 Å². The molecule has 0 saturated heterocycles. The molecule has 0 fully saturated rings. The zero-order valence-electron chi connectivity index (χ0n) is 12.8. The van der Waals surface area contributed by atoms with Crippen molar-refractivity contribution in [3.63, 3.8) is 0 Å². The van der Waals surface area contributed by atoms with Gasteiger partial charge in [-0.3, -0.25) is 9.36 Å². The molecular weight excluding hydrogens is 290 g/mol. The summed E-state index contributed by atoms with van der Waals surface area (Å²) >= 11 is 0. The Morgan fingerprint density at radius 2 is 1.87 bits per heavy atom. The van der Waals surface area contributed by atoms with E-state index in [1.165, 1.54) is 12.1 Å². The van der Waals surface area contributed by atoms with Crippen LogP contribution in [0.1, 0.15) is 31.2 Å². The van der Waals surface area contributed by atoms with Crippen LogP contribution in [0, 0.1) is 11.3 Å². The molecule has 1 N–H and O–H groups in total. The molecule has 0 aliphatic rings. The van der Waals surface area contributed by atoms with Gasteiger partial charge < -0.3 is 5.11 Å². The molecule has 23 heavy (non-hydrogen) atoms. The minimum atomic E-state index is -0.191. The van der Waals surface area contributed by atoms with Gasteiger partial charge in [-0.25, -0.2) is 4.98 Å². The highest BCUT2D eigenvalue weighted by molar-refractivity contribution is 5.79. The summed E-state index contributed by atoms with van der Waals surface area (Å²) in [5.74, 6) is 0.707. The molecule has 0 atom stereocenters. The minimum Gasteiger partial charge on any atom is -0.508 e. The summed E-state index contributed by atoms with van der Waals surface area (Å²) < 4.78 is 1.56. The van der Waals surface area contributed by atoms with Crippen molar-refractivity contribution in [2.24, 2.45) is 0 Å². The summed E-state index contributed by atoms with van der Waals surface area (Å²) in [6.45, 7) is 3.91. The Hall–Kier alpha value is -3.13. The van der Waals surface area contributed by atoms with Crippen molar-refractivity contribution < 1.29 is 5.11 Å². The van der Waals surface area contributed by atoms with Crippen LogP contribution in [0.25, 0.3) is 16.6 Å². The van der Waals surface area contributed by atoms with Crippen molar-refractivity contribution in [2.45, 2.75) is 19.8 Å². The zero-order valence-corrected chi connectivity index (χ0v) is 12.8. The molecule has 0 amide bonds. The van der Waals surface area contributed by atoms with Crippen molar-refractivity contribution in [1.82, 2.24) is 9.55 Å². The molecule has 0 radical (unpaired) electrons. The maximum absolute atomic E-state index is 12.9. The second-order valence-corrected chi connectivity index (χ2v) is 5.63. The first-order valence-corrected chi connectivity index (χ1v) is 7.27. The third kappa shape index (κ3) is 2.55. The monoisotopic (exact) mass is 305 g/mol. The number of hydrogen-bond donors (Lipinski definition) is 1. The fraction of sp³-hybridized carbons (Fsp3) is 0.167. The maximum Gasteiger partial charge on any atom is 0.265 e. The fourth-order valence-electron chi connectivity index (χ4n) is 2.51. The van der Waals surface area contributed by atoms with Gasteiger partial charge in [-0.1, -0.05) is 13.8 Å². The number of phenolic OH excluding ortho intramolecular Hbond substituents is 1. The summed E-state index contributed by atoms with van der Waals surface area (Å²) in [5.41, 5.74) is 1.48. The Morgan fingerprint density at radius 1 is 1.17 bits per heavy atom. The van der Waals surface area contributed by atoms with Crippen LogP contribution in [0.15, 0.2) is 47.3 Å². The normalized spacial score (nSPS) is 10.9. The lowest BCUT2D eigenvalue weighted by molar-refractivity contribution is 0.476. The molecule has 0 aliphatic heterocycles. The van der Waals surface area contributed by atoms with E-state index in [0.717, 1.165) is 0 Å². The molecule has 0 spiro atoms. The summed E-state index contributed by atoms with van der Waals surface area (Å²) in [5, 5.41) is 19.0. The molecule has 1 aromatic heterocycles. The molecular formula is C18H15N3O2. The van der Waals surface area contributed by atoms with Crippen LogP contribution in [-0.2, 0) is 0 Å². The molecule has 2 aromatic carbocycles. The second kappa shape index (κ2) is 5.58. The average Bonchev–Trinajstić information content (AvgIpc) is 2.54. The Kier molecular flexibility index (Phi) is 3.59. The Labute approximate surface area is 133 Å². The van der Waals surface area contributed by atoms with Crippen LogP contribution < -0.4 is 5.56 Å². The van der Waals surface area contributed by atoms with Gasteiger partial charge in [0.15, 0.2) is 0 Å². The van der Waals surface area contributed by atoms with Crippen LogP contribution in [0.2, 0.25) is 0 Å². The fourth-order valence-corrected chi connectivity index (χ4v) is 2.51. The first-order chi connectivity index (χ1) is 11.0. The van der Waals surface area contributed by atoms with E-state index in [1.807, 2.05) is 13.8 Å². The Balaban J connectivity index is 2.36. The van der Waals surface area contributed by atoms with E-state index in [-0.39, 0.29) is 17.2 Å². The van der Waals surface area contributed by atoms with Crippen molar-refractivity contribution in [1.29, 1.82) is 5.26 Å². The van der Waals surface area contributed by atoms with E-state index >= 15 is 0 Å². The lowest BCUT2D eigenvalue weighted by atomic mass is 10.1. The van der Waals surface area contributed by atoms with Crippen LogP contribution in [0.3, 0.4) is 0 Å². The molecule has 3 aromatic rings. The van der Waals surface area contributed by atoms with E-state index < -0.39 is 0 Å². The lowest BCUT2D eigenvalue weighted by Crippen LogP contribution is -2.24. The molecule has 5 nitrogen and oxygen atoms in total. The second-order valence-electron chi connectivity index (χ2n) is 5.63. The molecule has 1 heterocycles. The molecule has 5 heteroatoms.